The van der Waals surface area contributed by atoms with Gasteiger partial charge in [0.2, 0.25) is 5.91 Å². The molecule has 1 aliphatic rings. The largest absolute Gasteiger partial charge is 0.339 e. The van der Waals surface area contributed by atoms with Crippen molar-refractivity contribution < 1.29 is 4.79 Å². The zero-order valence-corrected chi connectivity index (χ0v) is 12.5. The number of nitrogens with zero attached hydrogens (tertiary/aromatic N) is 1. The Balaban J connectivity index is 1.76. The monoisotopic (exact) mass is 280 g/mol. The van der Waals surface area contributed by atoms with Gasteiger partial charge in [-0.2, -0.15) is 0 Å². The molecule has 0 aliphatic carbocycles. The fourth-order valence-corrected chi connectivity index (χ4v) is 3.50. The van der Waals surface area contributed by atoms with E-state index in [9.17, 15) is 4.79 Å². The molecule has 1 aromatic rings. The van der Waals surface area contributed by atoms with Gasteiger partial charge in [-0.1, -0.05) is 6.07 Å². The molecule has 1 aliphatic heterocycles. The van der Waals surface area contributed by atoms with E-state index < -0.39 is 0 Å². The number of thiophene rings is 1. The first-order valence-electron chi connectivity index (χ1n) is 7.34. The van der Waals surface area contributed by atoms with Crippen LogP contribution < -0.4 is 5.32 Å². The first-order chi connectivity index (χ1) is 9.31. The summed E-state index contributed by atoms with van der Waals surface area (Å²) in [6.07, 6.45) is 5.02. The van der Waals surface area contributed by atoms with Crippen LogP contribution in [0.1, 0.15) is 37.5 Å². The maximum Gasteiger partial charge on any atom is 0.222 e. The Labute approximate surface area is 120 Å². The lowest BCUT2D eigenvalue weighted by atomic mass is 10.0. The number of carbonyl (C=O) groups is 1. The smallest absolute Gasteiger partial charge is 0.222 e. The molecular weight excluding hydrogens is 256 g/mol. The van der Waals surface area contributed by atoms with E-state index in [1.54, 1.807) is 11.3 Å². The third-order valence-electron chi connectivity index (χ3n) is 3.77. The van der Waals surface area contributed by atoms with Gasteiger partial charge in [0.05, 0.1) is 0 Å². The van der Waals surface area contributed by atoms with Crippen LogP contribution >= 0.6 is 11.3 Å². The highest BCUT2D eigenvalue weighted by atomic mass is 32.1. The molecule has 106 valence electrons. The number of hydrogen-bond acceptors (Lipinski definition) is 3. The summed E-state index contributed by atoms with van der Waals surface area (Å²) in [5, 5.41) is 5.49. The Kier molecular flexibility index (Phi) is 5.86. The molecular formula is C15H24N2OS. The maximum atomic E-state index is 12.3. The third-order valence-corrected chi connectivity index (χ3v) is 4.70. The van der Waals surface area contributed by atoms with E-state index in [0.29, 0.717) is 18.4 Å². The van der Waals surface area contributed by atoms with Crippen LogP contribution in [-0.2, 0) is 11.2 Å². The second-order valence-electron chi connectivity index (χ2n) is 5.11. The molecule has 2 rings (SSSR count). The SMILES string of the molecule is CCN(C(=O)CCCc1cccs1)C1CCCNC1. The molecule has 3 nitrogen and oxygen atoms in total. The van der Waals surface area contributed by atoms with Crippen LogP contribution in [0.2, 0.25) is 0 Å². The van der Waals surface area contributed by atoms with Gasteiger partial charge in [-0.05, 0) is 50.6 Å². The molecule has 1 atom stereocenters. The van der Waals surface area contributed by atoms with Crippen molar-refractivity contribution in [3.05, 3.63) is 22.4 Å². The Morgan fingerprint density at radius 3 is 3.11 bits per heavy atom. The molecule has 1 aromatic heterocycles. The number of hydrogen-bond donors (Lipinski definition) is 1. The minimum atomic E-state index is 0.327. The normalized spacial score (nSPS) is 19.3. The second kappa shape index (κ2) is 7.65. The summed E-state index contributed by atoms with van der Waals surface area (Å²) in [6.45, 7) is 4.99. The first kappa shape index (κ1) is 14.5. The average Bonchev–Trinajstić information content (AvgIpc) is 2.94. The van der Waals surface area contributed by atoms with Gasteiger partial charge in [0.15, 0.2) is 0 Å². The molecule has 0 bridgehead atoms. The zero-order valence-electron chi connectivity index (χ0n) is 11.7. The maximum absolute atomic E-state index is 12.3. The number of nitrogens with one attached hydrogen (secondary N) is 1. The number of aryl methyl sites for hydroxylation is 1. The highest BCUT2D eigenvalue weighted by molar-refractivity contribution is 7.09. The fourth-order valence-electron chi connectivity index (χ4n) is 2.75. The van der Waals surface area contributed by atoms with Crippen molar-refractivity contribution in [3.8, 4) is 0 Å². The molecule has 0 saturated carbocycles. The third kappa shape index (κ3) is 4.32. The molecule has 4 heteroatoms. The van der Waals surface area contributed by atoms with Crippen molar-refractivity contribution in [2.24, 2.45) is 0 Å². The zero-order chi connectivity index (χ0) is 13.5. The Hall–Kier alpha value is -0.870. The van der Waals surface area contributed by atoms with Crippen molar-refractivity contribution in [2.75, 3.05) is 19.6 Å². The van der Waals surface area contributed by atoms with Gasteiger partial charge in [0.25, 0.3) is 0 Å². The van der Waals surface area contributed by atoms with Crippen LogP contribution in [0.5, 0.6) is 0 Å². The van der Waals surface area contributed by atoms with Gasteiger partial charge >= 0.3 is 0 Å². The summed E-state index contributed by atoms with van der Waals surface area (Å²) in [6, 6.07) is 4.64. The molecule has 1 unspecified atom stereocenters. The van der Waals surface area contributed by atoms with E-state index in [-0.39, 0.29) is 0 Å². The quantitative estimate of drug-likeness (QED) is 0.869. The van der Waals surface area contributed by atoms with Crippen LogP contribution in [0, 0.1) is 0 Å². The van der Waals surface area contributed by atoms with Crippen molar-refractivity contribution in [1.82, 2.24) is 10.2 Å². The molecule has 2 heterocycles. The van der Waals surface area contributed by atoms with Gasteiger partial charge in [0, 0.05) is 30.4 Å². The van der Waals surface area contributed by atoms with Crippen molar-refractivity contribution in [3.63, 3.8) is 0 Å². The van der Waals surface area contributed by atoms with Gasteiger partial charge in [-0.15, -0.1) is 11.3 Å². The summed E-state index contributed by atoms with van der Waals surface area (Å²) < 4.78 is 0. The summed E-state index contributed by atoms with van der Waals surface area (Å²) in [4.78, 5) is 15.8. The number of carbonyl (C=O) groups excluding carboxylic acids is 1. The van der Waals surface area contributed by atoms with Crippen molar-refractivity contribution in [2.45, 2.75) is 45.1 Å². The lowest BCUT2D eigenvalue weighted by molar-refractivity contribution is -0.133. The van der Waals surface area contributed by atoms with Gasteiger partial charge in [-0.25, -0.2) is 0 Å². The summed E-state index contributed by atoms with van der Waals surface area (Å²) in [5.74, 6) is 0.327. The number of amides is 1. The fraction of sp³-hybridized carbons (Fsp3) is 0.667. The van der Waals surface area contributed by atoms with Crippen LogP contribution in [-0.4, -0.2) is 36.5 Å². The molecule has 0 aromatic carbocycles. The van der Waals surface area contributed by atoms with Gasteiger partial charge in [0.1, 0.15) is 0 Å². The second-order valence-corrected chi connectivity index (χ2v) is 6.15. The Morgan fingerprint density at radius 2 is 2.47 bits per heavy atom. The standard InChI is InChI=1S/C15H24N2OS/c1-2-17(13-6-4-10-16-12-13)15(18)9-3-7-14-8-5-11-19-14/h5,8,11,13,16H,2-4,6-7,9-10,12H2,1H3. The topological polar surface area (TPSA) is 32.3 Å². The summed E-state index contributed by atoms with van der Waals surface area (Å²) >= 11 is 1.78. The van der Waals surface area contributed by atoms with E-state index in [2.05, 4.69) is 34.7 Å². The minimum Gasteiger partial charge on any atom is -0.339 e. The molecule has 1 N–H and O–H groups in total. The summed E-state index contributed by atoms with van der Waals surface area (Å²) in [7, 11) is 0. The van der Waals surface area contributed by atoms with Crippen molar-refractivity contribution >= 4 is 17.2 Å². The molecule has 1 amide bonds. The number of likely N-dealkylation sites (N-methyl/N-ethyl adjacent to an activating group) is 1. The highest BCUT2D eigenvalue weighted by Gasteiger charge is 2.23. The molecule has 0 spiro atoms. The van der Waals surface area contributed by atoms with Gasteiger partial charge < -0.3 is 10.2 Å². The molecule has 1 saturated heterocycles. The van der Waals surface area contributed by atoms with Crippen LogP contribution in [0.15, 0.2) is 17.5 Å². The molecule has 1 fully saturated rings. The number of piperidine rings is 1. The predicted molar refractivity (Wildman–Crippen MR) is 80.5 cm³/mol. The van der Waals surface area contributed by atoms with E-state index in [4.69, 9.17) is 0 Å². The van der Waals surface area contributed by atoms with Crippen LogP contribution in [0.25, 0.3) is 0 Å². The Bertz CT molecular complexity index is 372. The van der Waals surface area contributed by atoms with E-state index in [1.807, 2.05) is 0 Å². The lowest BCUT2D eigenvalue weighted by Crippen LogP contribution is -2.48. The molecule has 19 heavy (non-hydrogen) atoms. The van der Waals surface area contributed by atoms with E-state index in [0.717, 1.165) is 38.9 Å². The van der Waals surface area contributed by atoms with Gasteiger partial charge in [-0.3, -0.25) is 4.79 Å². The minimum absolute atomic E-state index is 0.327. The van der Waals surface area contributed by atoms with Crippen LogP contribution in [0.4, 0.5) is 0 Å². The van der Waals surface area contributed by atoms with Crippen LogP contribution in [0.3, 0.4) is 0 Å². The first-order valence-corrected chi connectivity index (χ1v) is 8.21. The molecule has 0 radical (unpaired) electrons. The van der Waals surface area contributed by atoms with E-state index >= 15 is 0 Å². The van der Waals surface area contributed by atoms with E-state index in [1.165, 1.54) is 11.3 Å². The van der Waals surface area contributed by atoms with Crippen molar-refractivity contribution in [1.29, 1.82) is 0 Å². The lowest BCUT2D eigenvalue weighted by Gasteiger charge is -2.34. The predicted octanol–water partition coefficient (Wildman–Crippen LogP) is 2.67. The Morgan fingerprint density at radius 1 is 1.58 bits per heavy atom. The highest BCUT2D eigenvalue weighted by Crippen LogP contribution is 2.15. The average molecular weight is 280 g/mol. The summed E-state index contributed by atoms with van der Waals surface area (Å²) in [5.41, 5.74) is 0. The number of rotatable bonds is 6.